The number of hydrogen-bond acceptors (Lipinski definition) is 2. The first-order valence-electron chi connectivity index (χ1n) is 10.1. The predicted molar refractivity (Wildman–Crippen MR) is 97.4 cm³/mol. The zero-order valence-electron chi connectivity index (χ0n) is 15.8. The molecular formula is C22H31NO2. The average Bonchev–Trinajstić information content (AvgIpc) is 2.91. The Morgan fingerprint density at radius 1 is 1.24 bits per heavy atom. The van der Waals surface area contributed by atoms with Crippen LogP contribution in [0.25, 0.3) is 4.85 Å². The zero-order valence-corrected chi connectivity index (χ0v) is 15.8. The molecule has 4 rings (SSSR count). The van der Waals surface area contributed by atoms with Crippen LogP contribution in [0.3, 0.4) is 0 Å². The van der Waals surface area contributed by atoms with E-state index in [1.165, 1.54) is 5.57 Å². The monoisotopic (exact) mass is 341 g/mol. The second kappa shape index (κ2) is 5.68. The normalized spacial score (nSPS) is 51.2. The Kier molecular flexibility index (Phi) is 3.93. The molecule has 25 heavy (non-hydrogen) atoms. The fourth-order valence-electron chi connectivity index (χ4n) is 7.53. The van der Waals surface area contributed by atoms with Gasteiger partial charge in [0.1, 0.15) is 5.78 Å². The minimum absolute atomic E-state index is 0.0791. The molecule has 4 aliphatic rings. The lowest BCUT2D eigenvalue weighted by molar-refractivity contribution is -0.157. The number of Topliss-reactive ketones (excluding diaryl/α,β-unsaturated/α-hetero) is 1. The highest BCUT2D eigenvalue weighted by Crippen LogP contribution is 2.66. The summed E-state index contributed by atoms with van der Waals surface area (Å²) < 4.78 is 0. The van der Waals surface area contributed by atoms with Crippen LogP contribution in [0.2, 0.25) is 0 Å². The van der Waals surface area contributed by atoms with Crippen LogP contribution in [0.5, 0.6) is 0 Å². The first kappa shape index (κ1) is 17.3. The SMILES string of the molecule is [C-]#[N+]/C(C)=C1/CC[C@H]2[C@@H]3CC[C@H]4C[C@H](O)CC[C@]4(C)[C@H]3C(=O)C[C@]12C. The Labute approximate surface area is 151 Å². The van der Waals surface area contributed by atoms with Crippen molar-refractivity contribution in [3.05, 3.63) is 22.7 Å². The van der Waals surface area contributed by atoms with Gasteiger partial charge >= 0.3 is 0 Å². The van der Waals surface area contributed by atoms with Crippen LogP contribution in [0.15, 0.2) is 11.3 Å². The van der Waals surface area contributed by atoms with Crippen molar-refractivity contribution >= 4 is 5.78 Å². The summed E-state index contributed by atoms with van der Waals surface area (Å²) >= 11 is 0. The number of hydrogen-bond donors (Lipinski definition) is 1. The molecule has 0 saturated heterocycles. The Morgan fingerprint density at radius 2 is 2.00 bits per heavy atom. The van der Waals surface area contributed by atoms with Gasteiger partial charge in [0.2, 0.25) is 0 Å². The summed E-state index contributed by atoms with van der Waals surface area (Å²) in [4.78, 5) is 17.1. The number of ketones is 1. The van der Waals surface area contributed by atoms with Crippen LogP contribution in [0.1, 0.15) is 72.1 Å². The molecule has 0 aromatic rings. The number of nitrogens with zero attached hydrogens (tertiary/aromatic N) is 1. The van der Waals surface area contributed by atoms with Gasteiger partial charge in [-0.2, -0.15) is 0 Å². The molecule has 4 saturated carbocycles. The van der Waals surface area contributed by atoms with Gasteiger partial charge in [0.05, 0.1) is 12.7 Å². The summed E-state index contributed by atoms with van der Waals surface area (Å²) in [5, 5.41) is 10.1. The number of rotatable bonds is 0. The van der Waals surface area contributed by atoms with E-state index < -0.39 is 0 Å². The third kappa shape index (κ3) is 2.29. The molecule has 136 valence electrons. The molecular weight excluding hydrogens is 310 g/mol. The molecule has 0 unspecified atom stereocenters. The van der Waals surface area contributed by atoms with Gasteiger partial charge in [-0.15, -0.1) is 0 Å². The number of allylic oxidation sites excluding steroid dienone is 2. The summed E-state index contributed by atoms with van der Waals surface area (Å²) in [6, 6.07) is 0. The van der Waals surface area contributed by atoms with Gasteiger partial charge in [-0.1, -0.05) is 19.4 Å². The van der Waals surface area contributed by atoms with Crippen molar-refractivity contribution in [1.82, 2.24) is 0 Å². The Hall–Kier alpha value is -1.14. The van der Waals surface area contributed by atoms with Gasteiger partial charge in [-0.3, -0.25) is 4.79 Å². The van der Waals surface area contributed by atoms with Crippen LogP contribution in [-0.4, -0.2) is 17.0 Å². The summed E-state index contributed by atoms with van der Waals surface area (Å²) in [7, 11) is 0. The molecule has 0 aromatic carbocycles. The summed E-state index contributed by atoms with van der Waals surface area (Å²) in [5.41, 5.74) is 2.11. The summed E-state index contributed by atoms with van der Waals surface area (Å²) in [5.74, 6) is 2.19. The van der Waals surface area contributed by atoms with Crippen molar-refractivity contribution in [2.45, 2.75) is 78.2 Å². The lowest BCUT2D eigenvalue weighted by atomic mass is 9.44. The summed E-state index contributed by atoms with van der Waals surface area (Å²) in [6.07, 6.45) is 7.65. The lowest BCUT2D eigenvalue weighted by Gasteiger charge is -2.59. The third-order valence-electron chi connectivity index (χ3n) is 8.72. The molecule has 1 N–H and O–H groups in total. The van der Waals surface area contributed by atoms with Crippen molar-refractivity contribution in [1.29, 1.82) is 0 Å². The van der Waals surface area contributed by atoms with Crippen molar-refractivity contribution in [3.8, 4) is 0 Å². The molecule has 0 radical (unpaired) electrons. The quantitative estimate of drug-likeness (QED) is 0.645. The molecule has 0 spiro atoms. The van der Waals surface area contributed by atoms with Crippen molar-refractivity contribution in [3.63, 3.8) is 0 Å². The van der Waals surface area contributed by atoms with E-state index in [0.717, 1.165) is 50.6 Å². The third-order valence-corrected chi connectivity index (χ3v) is 8.72. The van der Waals surface area contributed by atoms with E-state index in [2.05, 4.69) is 18.7 Å². The number of fused-ring (bicyclic) bond motifs is 5. The lowest BCUT2D eigenvalue weighted by Crippen LogP contribution is -2.57. The van der Waals surface area contributed by atoms with Gasteiger partial charge in [0.15, 0.2) is 5.70 Å². The fraction of sp³-hybridized carbons (Fsp3) is 0.818. The van der Waals surface area contributed by atoms with Crippen molar-refractivity contribution in [2.75, 3.05) is 0 Å². The maximum Gasteiger partial charge on any atom is 0.162 e. The van der Waals surface area contributed by atoms with Crippen molar-refractivity contribution in [2.24, 2.45) is 34.5 Å². The molecule has 0 amide bonds. The molecule has 4 aliphatic carbocycles. The number of aliphatic hydroxyl groups excluding tert-OH is 1. The number of aliphatic hydroxyl groups is 1. The van der Waals surface area contributed by atoms with Crippen LogP contribution in [0, 0.1) is 41.1 Å². The van der Waals surface area contributed by atoms with E-state index in [9.17, 15) is 9.90 Å². The van der Waals surface area contributed by atoms with Crippen LogP contribution < -0.4 is 0 Å². The van der Waals surface area contributed by atoms with Gasteiger partial charge in [0.25, 0.3) is 0 Å². The fourth-order valence-corrected chi connectivity index (χ4v) is 7.53. The Bertz CT molecular complexity index is 674. The molecule has 3 heteroatoms. The van der Waals surface area contributed by atoms with Crippen LogP contribution in [-0.2, 0) is 4.79 Å². The minimum atomic E-state index is -0.166. The topological polar surface area (TPSA) is 41.7 Å². The molecule has 3 nitrogen and oxygen atoms in total. The second-order valence-corrected chi connectivity index (χ2v) is 9.73. The van der Waals surface area contributed by atoms with Crippen LogP contribution in [0.4, 0.5) is 0 Å². The minimum Gasteiger partial charge on any atom is -0.393 e. The molecule has 7 atom stereocenters. The van der Waals surface area contributed by atoms with Gasteiger partial charge in [-0.05, 0) is 80.5 Å². The van der Waals surface area contributed by atoms with E-state index in [4.69, 9.17) is 6.57 Å². The largest absolute Gasteiger partial charge is 0.393 e. The van der Waals surface area contributed by atoms with Gasteiger partial charge in [0, 0.05) is 12.3 Å². The number of carbonyl (C=O) groups is 1. The smallest absolute Gasteiger partial charge is 0.162 e. The molecule has 0 aromatic heterocycles. The van der Waals surface area contributed by atoms with E-state index >= 15 is 0 Å². The van der Waals surface area contributed by atoms with E-state index in [1.54, 1.807) is 0 Å². The highest BCUT2D eigenvalue weighted by molar-refractivity contribution is 5.85. The predicted octanol–water partition coefficient (Wildman–Crippen LogP) is 4.76. The average molecular weight is 341 g/mol. The van der Waals surface area contributed by atoms with Crippen LogP contribution >= 0.6 is 0 Å². The molecule has 0 bridgehead atoms. The first-order valence-corrected chi connectivity index (χ1v) is 10.1. The number of carbonyl (C=O) groups excluding carboxylic acids is 1. The maximum absolute atomic E-state index is 13.4. The standard InChI is InChI=1S/C22H31NO2/c1-13(23-4)17-7-8-18-16-6-5-14-11-15(24)9-10-21(14,2)20(16)19(25)12-22(17,18)3/h14-16,18,20,24H,5-12H2,1-3H3/b17-13-/t14-,15+,16-,18-,20+,21-,22+/m0/s1. The second-order valence-electron chi connectivity index (χ2n) is 9.73. The Morgan fingerprint density at radius 3 is 2.72 bits per heavy atom. The van der Waals surface area contributed by atoms with Gasteiger partial charge < -0.3 is 5.11 Å². The molecule has 0 heterocycles. The first-order chi connectivity index (χ1) is 11.8. The summed E-state index contributed by atoms with van der Waals surface area (Å²) in [6.45, 7) is 14.0. The highest BCUT2D eigenvalue weighted by atomic mass is 16.3. The Balaban J connectivity index is 1.72. The van der Waals surface area contributed by atoms with Gasteiger partial charge in [-0.25, -0.2) is 4.85 Å². The van der Waals surface area contributed by atoms with Crippen molar-refractivity contribution < 1.29 is 9.90 Å². The molecule has 0 aliphatic heterocycles. The van der Waals surface area contributed by atoms with E-state index in [0.29, 0.717) is 30.0 Å². The maximum atomic E-state index is 13.4. The van der Waals surface area contributed by atoms with E-state index in [-0.39, 0.29) is 22.9 Å². The van der Waals surface area contributed by atoms with E-state index in [1.807, 2.05) is 6.92 Å². The highest BCUT2D eigenvalue weighted by Gasteiger charge is 2.62. The zero-order chi connectivity index (χ0) is 18.0. The molecule has 4 fully saturated rings.